The Balaban J connectivity index is 1.59. The molecule has 3 amide bonds. The molecule has 0 spiro atoms. The molecule has 3 rings (SSSR count). The number of nitrogens with one attached hydrogen (secondary N) is 1. The molecule has 0 radical (unpaired) electrons. The third kappa shape index (κ3) is 4.95. The number of amides is 3. The highest BCUT2D eigenvalue weighted by Gasteiger charge is 2.37. The van der Waals surface area contributed by atoms with Crippen molar-refractivity contribution in [3.63, 3.8) is 0 Å². The first-order valence-electron chi connectivity index (χ1n) is 9.13. The minimum Gasteiger partial charge on any atom is -0.497 e. The number of carbonyl (C=O) groups excluding carboxylic acids is 3. The van der Waals surface area contributed by atoms with Crippen LogP contribution < -0.4 is 15.0 Å². The summed E-state index contributed by atoms with van der Waals surface area (Å²) in [5.74, 6) is -0.507. The summed E-state index contributed by atoms with van der Waals surface area (Å²) >= 11 is 3.44. The van der Waals surface area contributed by atoms with Gasteiger partial charge < -0.3 is 19.9 Å². The van der Waals surface area contributed by atoms with Crippen molar-refractivity contribution in [2.45, 2.75) is 6.42 Å². The number of halogens is 1. The maximum Gasteiger partial charge on any atom is 0.243 e. The minimum absolute atomic E-state index is 0.101. The number of anilines is 2. The van der Waals surface area contributed by atoms with Crippen LogP contribution in [0.2, 0.25) is 0 Å². The Morgan fingerprint density at radius 2 is 2.00 bits per heavy atom. The molecule has 1 N–H and O–H groups in total. The summed E-state index contributed by atoms with van der Waals surface area (Å²) in [4.78, 5) is 40.5. The molecule has 1 aliphatic heterocycles. The van der Waals surface area contributed by atoms with Gasteiger partial charge in [-0.25, -0.2) is 0 Å². The second-order valence-electron chi connectivity index (χ2n) is 6.83. The molecule has 1 aliphatic rings. The quantitative estimate of drug-likeness (QED) is 0.719. The fourth-order valence-corrected chi connectivity index (χ4v) is 3.78. The second-order valence-corrected chi connectivity index (χ2v) is 7.69. The van der Waals surface area contributed by atoms with Gasteiger partial charge in [-0.2, -0.15) is 0 Å². The minimum atomic E-state index is -0.482. The van der Waals surface area contributed by atoms with Crippen molar-refractivity contribution >= 4 is 45.0 Å². The maximum absolute atomic E-state index is 12.8. The number of nitrogens with zero attached hydrogens (tertiary/aromatic N) is 2. The van der Waals surface area contributed by atoms with Gasteiger partial charge in [-0.05, 0) is 40.2 Å². The molecular weight excluding hydrogens is 438 g/mol. The maximum atomic E-state index is 12.8. The fourth-order valence-electron chi connectivity index (χ4n) is 3.28. The molecule has 8 heteroatoms. The van der Waals surface area contributed by atoms with Gasteiger partial charge in [-0.15, -0.1) is 0 Å². The first-order valence-corrected chi connectivity index (χ1v) is 9.92. The van der Waals surface area contributed by atoms with Gasteiger partial charge >= 0.3 is 0 Å². The average Bonchev–Trinajstić information content (AvgIpc) is 3.09. The van der Waals surface area contributed by atoms with E-state index in [4.69, 9.17) is 4.74 Å². The highest BCUT2D eigenvalue weighted by Crippen LogP contribution is 2.31. The number of carbonyl (C=O) groups is 3. The highest BCUT2D eigenvalue weighted by molar-refractivity contribution is 9.10. The Bertz CT molecular complexity index is 934. The molecule has 1 heterocycles. The van der Waals surface area contributed by atoms with Crippen LogP contribution in [0.15, 0.2) is 53.0 Å². The molecular formula is C21H22BrN3O4. The molecule has 152 valence electrons. The van der Waals surface area contributed by atoms with Gasteiger partial charge in [0.2, 0.25) is 17.7 Å². The largest absolute Gasteiger partial charge is 0.497 e. The van der Waals surface area contributed by atoms with Crippen LogP contribution in [-0.4, -0.2) is 49.9 Å². The van der Waals surface area contributed by atoms with Crippen LogP contribution in [0.25, 0.3) is 0 Å². The lowest BCUT2D eigenvalue weighted by atomic mass is 10.1. The van der Waals surface area contributed by atoms with Crippen LogP contribution in [0.4, 0.5) is 11.4 Å². The number of benzene rings is 2. The van der Waals surface area contributed by atoms with Crippen molar-refractivity contribution in [3.8, 4) is 5.75 Å². The van der Waals surface area contributed by atoms with Gasteiger partial charge in [0.1, 0.15) is 5.75 Å². The summed E-state index contributed by atoms with van der Waals surface area (Å²) in [6.45, 7) is 0.192. The second kappa shape index (κ2) is 9.09. The third-order valence-electron chi connectivity index (χ3n) is 4.73. The van der Waals surface area contributed by atoms with E-state index in [1.807, 2.05) is 24.3 Å². The average molecular weight is 460 g/mol. The molecule has 29 heavy (non-hydrogen) atoms. The van der Waals surface area contributed by atoms with Crippen molar-refractivity contribution in [3.05, 3.63) is 53.0 Å². The number of para-hydroxylation sites is 1. The monoisotopic (exact) mass is 459 g/mol. The first-order chi connectivity index (χ1) is 13.9. The molecule has 1 unspecified atom stereocenters. The number of likely N-dealkylation sites (N-methyl/N-ethyl adjacent to an activating group) is 1. The molecule has 7 nitrogen and oxygen atoms in total. The lowest BCUT2D eigenvalue weighted by Crippen LogP contribution is -2.39. The fraction of sp³-hybridized carbons (Fsp3) is 0.286. The van der Waals surface area contributed by atoms with Crippen LogP contribution in [-0.2, 0) is 14.4 Å². The van der Waals surface area contributed by atoms with Crippen molar-refractivity contribution in [2.24, 2.45) is 5.92 Å². The van der Waals surface area contributed by atoms with Gasteiger partial charge in [-0.3, -0.25) is 14.4 Å². The molecule has 0 aliphatic carbocycles. The zero-order chi connectivity index (χ0) is 21.0. The summed E-state index contributed by atoms with van der Waals surface area (Å²) in [6.07, 6.45) is 0.127. The van der Waals surface area contributed by atoms with E-state index in [0.717, 1.165) is 10.2 Å². The molecule has 2 aromatic rings. The normalized spacial score (nSPS) is 15.9. The van der Waals surface area contributed by atoms with Crippen LogP contribution in [0.3, 0.4) is 0 Å². The van der Waals surface area contributed by atoms with Gasteiger partial charge in [-0.1, -0.05) is 18.2 Å². The lowest BCUT2D eigenvalue weighted by Gasteiger charge is -2.21. The number of hydrogen-bond acceptors (Lipinski definition) is 4. The standard InChI is InChI=1S/C21H22BrN3O4/c1-24(13-19(26)23-15-6-5-7-16(11-15)29-2)21(28)14-10-20(27)25(12-14)18-9-4-3-8-17(18)22/h3-9,11,14H,10,12-13H2,1-2H3,(H,23,26). The predicted molar refractivity (Wildman–Crippen MR) is 114 cm³/mol. The summed E-state index contributed by atoms with van der Waals surface area (Å²) in [7, 11) is 3.12. The molecule has 0 bridgehead atoms. The Kier molecular flexibility index (Phi) is 6.53. The zero-order valence-corrected chi connectivity index (χ0v) is 17.8. The Morgan fingerprint density at radius 1 is 1.24 bits per heavy atom. The van der Waals surface area contributed by atoms with Gasteiger partial charge in [0, 0.05) is 36.2 Å². The number of hydrogen-bond donors (Lipinski definition) is 1. The molecule has 1 atom stereocenters. The summed E-state index contributed by atoms with van der Waals surface area (Å²) in [5, 5.41) is 2.75. The molecule has 1 saturated heterocycles. The van der Waals surface area contributed by atoms with E-state index in [2.05, 4.69) is 21.2 Å². The molecule has 2 aromatic carbocycles. The first kappa shape index (κ1) is 20.9. The Labute approximate surface area is 177 Å². The Morgan fingerprint density at radius 3 is 2.72 bits per heavy atom. The smallest absolute Gasteiger partial charge is 0.243 e. The van der Waals surface area contributed by atoms with Crippen molar-refractivity contribution in [1.82, 2.24) is 4.90 Å². The number of rotatable bonds is 6. The van der Waals surface area contributed by atoms with Crippen LogP contribution in [0, 0.1) is 5.92 Å². The van der Waals surface area contributed by atoms with Gasteiger partial charge in [0.25, 0.3) is 0 Å². The van der Waals surface area contributed by atoms with Crippen molar-refractivity contribution in [1.29, 1.82) is 0 Å². The van der Waals surface area contributed by atoms with Crippen LogP contribution in [0.1, 0.15) is 6.42 Å². The SMILES string of the molecule is COc1cccc(NC(=O)CN(C)C(=O)C2CC(=O)N(c3ccccc3Br)C2)c1. The summed E-state index contributed by atoms with van der Waals surface area (Å²) < 4.78 is 5.93. The Hall–Kier alpha value is -2.87. The van der Waals surface area contributed by atoms with E-state index in [1.54, 1.807) is 43.3 Å². The molecule has 0 aromatic heterocycles. The molecule has 0 saturated carbocycles. The van der Waals surface area contributed by atoms with Crippen molar-refractivity contribution < 1.29 is 19.1 Å². The highest BCUT2D eigenvalue weighted by atomic mass is 79.9. The van der Waals surface area contributed by atoms with E-state index in [0.29, 0.717) is 18.0 Å². The lowest BCUT2D eigenvalue weighted by molar-refractivity contribution is -0.137. The summed E-state index contributed by atoms with van der Waals surface area (Å²) in [6, 6.07) is 14.4. The van der Waals surface area contributed by atoms with Gasteiger partial charge in [0.05, 0.1) is 25.3 Å². The molecule has 1 fully saturated rings. The van der Waals surface area contributed by atoms with Crippen LogP contribution in [0.5, 0.6) is 5.75 Å². The third-order valence-corrected chi connectivity index (χ3v) is 5.40. The van der Waals surface area contributed by atoms with E-state index in [1.165, 1.54) is 4.90 Å². The number of ether oxygens (including phenoxy) is 1. The predicted octanol–water partition coefficient (Wildman–Crippen LogP) is 2.91. The number of methoxy groups -OCH3 is 1. The van der Waals surface area contributed by atoms with Crippen LogP contribution >= 0.6 is 15.9 Å². The van der Waals surface area contributed by atoms with E-state index < -0.39 is 5.92 Å². The summed E-state index contributed by atoms with van der Waals surface area (Å²) in [5.41, 5.74) is 1.33. The van der Waals surface area contributed by atoms with Crippen molar-refractivity contribution in [2.75, 3.05) is 37.5 Å². The zero-order valence-electron chi connectivity index (χ0n) is 16.2. The van der Waals surface area contributed by atoms with Gasteiger partial charge in [0.15, 0.2) is 0 Å². The topological polar surface area (TPSA) is 79.0 Å². The van der Waals surface area contributed by atoms with E-state index in [-0.39, 0.29) is 30.7 Å². The van der Waals surface area contributed by atoms with E-state index >= 15 is 0 Å². The van der Waals surface area contributed by atoms with E-state index in [9.17, 15) is 14.4 Å².